The summed E-state index contributed by atoms with van der Waals surface area (Å²) in [6.45, 7) is 14.6. The van der Waals surface area contributed by atoms with Gasteiger partial charge in [0, 0.05) is 5.41 Å². The normalized spacial score (nSPS) is 53.7. The van der Waals surface area contributed by atoms with Gasteiger partial charge in [-0.2, -0.15) is 0 Å². The van der Waals surface area contributed by atoms with Gasteiger partial charge in [0.05, 0.1) is 32.0 Å². The molecule has 0 aromatic rings. The molecule has 4 saturated carbocycles. The van der Waals surface area contributed by atoms with Gasteiger partial charge in [0.15, 0.2) is 25.0 Å². The Hall–Kier alpha value is -2.16. The number of rotatable bonds is 12. The fourth-order valence-electron chi connectivity index (χ4n) is 17.5. The number of esters is 1. The molecule has 0 aromatic carbocycles. The van der Waals surface area contributed by atoms with Crippen molar-refractivity contribution in [1.29, 1.82) is 0 Å². The predicted molar refractivity (Wildman–Crippen MR) is 269 cm³/mol. The number of aliphatic hydroxyl groups is 14. The number of ether oxygens (including phenoxy) is 8. The molecule has 4 heterocycles. The Kier molecular flexibility index (Phi) is 17.1. The minimum atomic E-state index is -2.18. The van der Waals surface area contributed by atoms with Crippen LogP contribution >= 0.6 is 0 Å². The van der Waals surface area contributed by atoms with E-state index >= 15 is 4.79 Å². The van der Waals surface area contributed by atoms with Crippen LogP contribution in [0.2, 0.25) is 0 Å². The first kappa shape index (κ1) is 62.4. The molecule has 25 heteroatoms. The van der Waals surface area contributed by atoms with Gasteiger partial charge in [0.25, 0.3) is 0 Å². The second-order valence-corrected chi connectivity index (χ2v) is 27.1. The zero-order valence-corrected chi connectivity index (χ0v) is 46.7. The minimum absolute atomic E-state index is 0.0141. The number of carbonyl (C=O) groups is 2. The zero-order valence-electron chi connectivity index (χ0n) is 46.7. The van der Waals surface area contributed by atoms with E-state index in [1.54, 1.807) is 0 Å². The Labute approximate surface area is 464 Å². The van der Waals surface area contributed by atoms with Gasteiger partial charge >= 0.3 is 11.9 Å². The number of carbonyl (C=O) groups excluding carboxylic acids is 1. The largest absolute Gasteiger partial charge is 0.479 e. The van der Waals surface area contributed by atoms with E-state index in [9.17, 15) is 81.4 Å². The number of fused-ring (bicyclic) bond motifs is 7. The first-order chi connectivity index (χ1) is 37.2. The quantitative estimate of drug-likeness (QED) is 0.0542. The molecule has 9 aliphatic rings. The fraction of sp³-hybridized carbons (Fsp3) is 0.927. The van der Waals surface area contributed by atoms with Gasteiger partial charge in [-0.1, -0.05) is 67.0 Å². The fourth-order valence-corrected chi connectivity index (χ4v) is 17.5. The molecular formula is C55H88O25. The van der Waals surface area contributed by atoms with Crippen molar-refractivity contribution in [3.63, 3.8) is 0 Å². The number of carboxylic acid groups (broad SMARTS) is 1. The molecule has 0 bridgehead atoms. The van der Waals surface area contributed by atoms with E-state index in [-0.39, 0.29) is 30.1 Å². The van der Waals surface area contributed by atoms with Crippen LogP contribution in [0.4, 0.5) is 0 Å². The average Bonchev–Trinajstić information content (AvgIpc) is 1.52. The second kappa shape index (κ2) is 22.0. The van der Waals surface area contributed by atoms with E-state index in [2.05, 4.69) is 40.7 Å². The summed E-state index contributed by atoms with van der Waals surface area (Å²) in [6.07, 6.45) is -32.3. The molecule has 0 spiro atoms. The lowest BCUT2D eigenvalue weighted by Gasteiger charge is -2.73. The van der Waals surface area contributed by atoms with Gasteiger partial charge in [0.2, 0.25) is 6.29 Å². The average molecular weight is 1150 g/mol. The summed E-state index contributed by atoms with van der Waals surface area (Å²) in [5, 5.41) is 162. The molecule has 458 valence electrons. The van der Waals surface area contributed by atoms with Crippen molar-refractivity contribution in [1.82, 2.24) is 0 Å². The maximum Gasteiger partial charge on any atom is 0.335 e. The summed E-state index contributed by atoms with van der Waals surface area (Å²) in [4.78, 5) is 28.0. The molecule has 4 saturated heterocycles. The Morgan fingerprint density at radius 1 is 0.550 bits per heavy atom. The molecule has 5 aliphatic carbocycles. The van der Waals surface area contributed by atoms with Crippen molar-refractivity contribution in [3.8, 4) is 0 Å². The summed E-state index contributed by atoms with van der Waals surface area (Å²) >= 11 is 0. The number of aliphatic carboxylic acids is 1. The Balaban J connectivity index is 1.03. The second-order valence-electron chi connectivity index (χ2n) is 27.1. The molecule has 0 amide bonds. The van der Waals surface area contributed by atoms with Crippen molar-refractivity contribution < 1.29 is 124 Å². The monoisotopic (exact) mass is 1150 g/mol. The molecule has 29 unspecified atom stereocenters. The Morgan fingerprint density at radius 2 is 1.06 bits per heavy atom. The van der Waals surface area contributed by atoms with Crippen LogP contribution < -0.4 is 0 Å². The van der Waals surface area contributed by atoms with E-state index in [1.807, 2.05) is 20.8 Å². The smallest absolute Gasteiger partial charge is 0.335 e. The van der Waals surface area contributed by atoms with Crippen LogP contribution in [0.5, 0.6) is 0 Å². The summed E-state index contributed by atoms with van der Waals surface area (Å²) < 4.78 is 48.2. The molecule has 80 heavy (non-hydrogen) atoms. The maximum atomic E-state index is 15.1. The van der Waals surface area contributed by atoms with E-state index in [0.29, 0.717) is 44.9 Å². The third-order valence-corrected chi connectivity index (χ3v) is 22.0. The van der Waals surface area contributed by atoms with Crippen LogP contribution in [0, 0.1) is 49.7 Å². The number of carboxylic acids is 1. The van der Waals surface area contributed by atoms with Gasteiger partial charge in [-0.25, -0.2) is 4.79 Å². The summed E-state index contributed by atoms with van der Waals surface area (Å²) in [7, 11) is 0. The highest BCUT2D eigenvalue weighted by molar-refractivity contribution is 5.81. The summed E-state index contributed by atoms with van der Waals surface area (Å²) in [6, 6.07) is 0. The SMILES string of the molecule is CC1(C)CCC2(C(=O)OC3OC(CO)C(O)C(O)C3O)C(O)CC3(C)C(=CCC4C5(C)CCC(OC6OC(C(=O)O)C(O)C(OC7OC(CO)C(O)C(O)C7O)C6OC6OC(CO)C(O)C(O)C6O)C(C)(C)C5CCC43C)C2(C)C1. The topological polar surface area (TPSA) is 411 Å². The molecule has 8 fully saturated rings. The third kappa shape index (κ3) is 9.56. The maximum absolute atomic E-state index is 15.1. The lowest BCUT2D eigenvalue weighted by molar-refractivity contribution is -0.396. The number of hydrogen-bond acceptors (Lipinski definition) is 24. The lowest BCUT2D eigenvalue weighted by atomic mass is 9.31. The molecule has 0 radical (unpaired) electrons. The zero-order chi connectivity index (χ0) is 58.9. The van der Waals surface area contributed by atoms with E-state index in [4.69, 9.17) is 37.9 Å². The van der Waals surface area contributed by atoms with Gasteiger partial charge in [-0.3, -0.25) is 4.79 Å². The van der Waals surface area contributed by atoms with Crippen molar-refractivity contribution in [2.75, 3.05) is 19.8 Å². The van der Waals surface area contributed by atoms with Crippen LogP contribution in [0.25, 0.3) is 0 Å². The molecule has 9 rings (SSSR count). The first-order valence-electron chi connectivity index (χ1n) is 28.3. The van der Waals surface area contributed by atoms with Gasteiger partial charge < -0.3 is 114 Å². The third-order valence-electron chi connectivity index (χ3n) is 22.0. The lowest BCUT2D eigenvalue weighted by Crippen LogP contribution is -2.71. The molecule has 0 aromatic heterocycles. The highest BCUT2D eigenvalue weighted by Crippen LogP contribution is 2.78. The molecular weight excluding hydrogens is 1060 g/mol. The van der Waals surface area contributed by atoms with E-state index in [0.717, 1.165) is 5.57 Å². The van der Waals surface area contributed by atoms with Crippen LogP contribution in [0.15, 0.2) is 11.6 Å². The highest BCUT2D eigenvalue weighted by Gasteiger charge is 2.75. The van der Waals surface area contributed by atoms with Crippen LogP contribution in [0.3, 0.4) is 0 Å². The van der Waals surface area contributed by atoms with E-state index < -0.39 is 199 Å². The number of aliphatic hydroxyl groups excluding tert-OH is 14. The van der Waals surface area contributed by atoms with Gasteiger partial charge in [0.1, 0.15) is 97.0 Å². The van der Waals surface area contributed by atoms with Crippen LogP contribution in [-0.4, -0.2) is 243 Å². The van der Waals surface area contributed by atoms with Crippen LogP contribution in [0.1, 0.15) is 113 Å². The standard InChI is InChI=1S/C55H88O25/c1-49(2)15-16-55(48(72)80-46-38(68)35(65)32(62)24(20-58)75-46)28(59)17-53(7)27(54(55,8)21-49)10-9-26-51(5)13-12-29(50(3,4)25(51)11-14-52(26,53)6)76-47-42(79-45-37(67)34(64)31(61)23(19-57)74-45)40(39(69)41(78-47)43(70)71)77-44-36(66)33(63)30(60)22(18-56)73-44/h10,22-26,28-42,44-47,56-69H,9,11-21H2,1-8H3,(H,70,71). The molecule has 29 atom stereocenters. The van der Waals surface area contributed by atoms with Crippen molar-refractivity contribution in [2.45, 2.75) is 248 Å². The molecule has 15 N–H and O–H groups in total. The highest BCUT2D eigenvalue weighted by atomic mass is 16.8. The van der Waals surface area contributed by atoms with Crippen molar-refractivity contribution >= 4 is 11.9 Å². The number of hydrogen-bond donors (Lipinski definition) is 15. The summed E-state index contributed by atoms with van der Waals surface area (Å²) in [5.41, 5.74) is -4.15. The predicted octanol–water partition coefficient (Wildman–Crippen LogP) is -2.58. The first-order valence-corrected chi connectivity index (χ1v) is 28.3. The summed E-state index contributed by atoms with van der Waals surface area (Å²) in [5.74, 6) is -2.61. The molecule has 25 nitrogen and oxygen atoms in total. The Bertz CT molecular complexity index is 2280. The Morgan fingerprint density at radius 3 is 1.59 bits per heavy atom. The molecule has 4 aliphatic heterocycles. The van der Waals surface area contributed by atoms with Gasteiger partial charge in [-0.05, 0) is 96.7 Å². The van der Waals surface area contributed by atoms with Crippen molar-refractivity contribution in [2.24, 2.45) is 49.7 Å². The van der Waals surface area contributed by atoms with Gasteiger partial charge in [-0.15, -0.1) is 0 Å². The minimum Gasteiger partial charge on any atom is -0.479 e. The number of allylic oxidation sites excluding steroid dienone is 2. The van der Waals surface area contributed by atoms with Crippen molar-refractivity contribution in [3.05, 3.63) is 11.6 Å². The van der Waals surface area contributed by atoms with Crippen LogP contribution in [-0.2, 0) is 47.5 Å². The van der Waals surface area contributed by atoms with E-state index in [1.165, 1.54) is 0 Å².